The molecule has 2 amide bonds. The number of aromatic nitrogens is 1. The Hall–Kier alpha value is -2.79. The van der Waals surface area contributed by atoms with E-state index in [4.69, 9.17) is 5.53 Å². The van der Waals surface area contributed by atoms with Gasteiger partial charge in [-0.05, 0) is 25.0 Å². The minimum absolute atomic E-state index is 0.211. The number of carbonyl (C=O) groups is 3. The number of piperidine rings is 1. The fraction of sp³-hybridized carbons (Fsp3) is 0.375. The largest absolute Gasteiger partial charge is 0.421 e. The van der Waals surface area contributed by atoms with Crippen molar-refractivity contribution in [2.45, 2.75) is 32.2 Å². The Kier molecular flexibility index (Phi) is 5.03. The quantitative estimate of drug-likeness (QED) is 0.268. The number of ketones is 1. The van der Waals surface area contributed by atoms with Crippen LogP contribution in [0.3, 0.4) is 0 Å². The number of nitrogens with zero attached hydrogens (tertiary/aromatic N) is 4. The second-order valence-electron chi connectivity index (χ2n) is 5.37. The zero-order valence-electron chi connectivity index (χ0n) is 12.9. The van der Waals surface area contributed by atoms with Gasteiger partial charge in [-0.25, -0.2) is 0 Å². The van der Waals surface area contributed by atoms with Gasteiger partial charge in [-0.2, -0.15) is 4.79 Å². The zero-order valence-corrected chi connectivity index (χ0v) is 12.9. The summed E-state index contributed by atoms with van der Waals surface area (Å²) in [5.74, 6) is -2.37. The minimum atomic E-state index is -0.850. The molecule has 0 N–H and O–H groups in total. The van der Waals surface area contributed by atoms with Gasteiger partial charge in [0.05, 0.1) is 5.92 Å². The molecule has 0 saturated carbocycles. The summed E-state index contributed by atoms with van der Waals surface area (Å²) in [6.45, 7) is 5.58. The molecule has 1 atom stereocenters. The van der Waals surface area contributed by atoms with Gasteiger partial charge in [0.2, 0.25) is 11.7 Å². The van der Waals surface area contributed by atoms with Crippen LogP contribution in [0.2, 0.25) is 0 Å². The molecule has 0 radical (unpaired) electrons. The highest BCUT2D eigenvalue weighted by Gasteiger charge is 2.40. The molecule has 120 valence electrons. The van der Waals surface area contributed by atoms with Crippen LogP contribution in [0.25, 0.3) is 5.53 Å². The van der Waals surface area contributed by atoms with E-state index < -0.39 is 23.3 Å². The smallest absolute Gasteiger partial charge is 0.360 e. The summed E-state index contributed by atoms with van der Waals surface area (Å²) in [6, 6.07) is 3.68. The number of hydrogen-bond acceptors (Lipinski definition) is 3. The summed E-state index contributed by atoms with van der Waals surface area (Å²) in [4.78, 5) is 40.0. The molecule has 1 aliphatic heterocycles. The van der Waals surface area contributed by atoms with Gasteiger partial charge < -0.3 is 10.1 Å². The van der Waals surface area contributed by atoms with Crippen molar-refractivity contribution < 1.29 is 19.2 Å². The number of imide groups is 1. The third-order valence-electron chi connectivity index (χ3n) is 3.87. The monoisotopic (exact) mass is 314 g/mol. The molecule has 7 nitrogen and oxygen atoms in total. The molecule has 1 aromatic heterocycles. The Morgan fingerprint density at radius 1 is 1.52 bits per heavy atom. The molecule has 0 spiro atoms. The molecule has 1 saturated heterocycles. The Morgan fingerprint density at radius 2 is 2.26 bits per heavy atom. The second-order valence-corrected chi connectivity index (χ2v) is 5.37. The van der Waals surface area contributed by atoms with Crippen LogP contribution in [0.15, 0.2) is 31.0 Å². The standard InChI is InChI=1S/C16H18N4O3/c1-3-8-19-9-5-7-13(19)12-6-4-10-20(15(12)22)16(23)14(18-17)11(2)21/h3,5,7,9,12H,1,4,6,8,10H2,2H3. The first-order chi connectivity index (χ1) is 11.0. The molecular weight excluding hydrogens is 296 g/mol. The van der Waals surface area contributed by atoms with E-state index in [1.165, 1.54) is 0 Å². The first-order valence-corrected chi connectivity index (χ1v) is 7.35. The van der Waals surface area contributed by atoms with Crippen LogP contribution in [0.5, 0.6) is 0 Å². The van der Waals surface area contributed by atoms with Gasteiger partial charge in [0.1, 0.15) is 0 Å². The lowest BCUT2D eigenvalue weighted by Crippen LogP contribution is -2.48. The summed E-state index contributed by atoms with van der Waals surface area (Å²) in [5, 5.41) is 0. The van der Waals surface area contributed by atoms with E-state index in [1.807, 2.05) is 22.9 Å². The van der Waals surface area contributed by atoms with Crippen molar-refractivity contribution in [1.29, 1.82) is 0 Å². The minimum Gasteiger partial charge on any atom is -0.360 e. The van der Waals surface area contributed by atoms with Gasteiger partial charge in [-0.3, -0.25) is 19.3 Å². The molecule has 2 heterocycles. The summed E-state index contributed by atoms with van der Waals surface area (Å²) >= 11 is 0. The van der Waals surface area contributed by atoms with Crippen molar-refractivity contribution in [3.05, 3.63) is 42.2 Å². The molecule has 2 rings (SSSR count). The van der Waals surface area contributed by atoms with Crippen molar-refractivity contribution in [2.24, 2.45) is 0 Å². The van der Waals surface area contributed by atoms with Crippen LogP contribution >= 0.6 is 0 Å². The fourth-order valence-electron chi connectivity index (χ4n) is 2.79. The molecule has 0 bridgehead atoms. The van der Waals surface area contributed by atoms with Gasteiger partial charge in [-0.15, -0.1) is 6.58 Å². The van der Waals surface area contributed by atoms with Gasteiger partial charge in [0, 0.05) is 31.9 Å². The van der Waals surface area contributed by atoms with Crippen LogP contribution in [0.4, 0.5) is 0 Å². The number of allylic oxidation sites excluding steroid dienone is 1. The highest BCUT2D eigenvalue weighted by atomic mass is 16.2. The average Bonchev–Trinajstić information content (AvgIpc) is 2.96. The van der Waals surface area contributed by atoms with E-state index in [-0.39, 0.29) is 12.5 Å². The summed E-state index contributed by atoms with van der Waals surface area (Å²) in [5.41, 5.74) is 9.02. The van der Waals surface area contributed by atoms with Crippen LogP contribution in [0, 0.1) is 0 Å². The Balaban J connectivity index is 2.29. The SMILES string of the molecule is C=CCn1cccc1C1CCCN(C(=O)C(=[N+]=[N-])C(C)=O)C1=O. The lowest BCUT2D eigenvalue weighted by Gasteiger charge is -2.30. The van der Waals surface area contributed by atoms with Crippen molar-refractivity contribution in [3.8, 4) is 0 Å². The van der Waals surface area contributed by atoms with E-state index in [1.54, 1.807) is 6.08 Å². The van der Waals surface area contributed by atoms with Crippen LogP contribution in [-0.4, -0.2) is 44.1 Å². The van der Waals surface area contributed by atoms with Crippen molar-refractivity contribution >= 4 is 23.3 Å². The number of amides is 2. The van der Waals surface area contributed by atoms with Crippen molar-refractivity contribution in [2.75, 3.05) is 6.54 Å². The Bertz CT molecular complexity index is 713. The van der Waals surface area contributed by atoms with Crippen LogP contribution < -0.4 is 0 Å². The normalized spacial score (nSPS) is 17.5. The average molecular weight is 314 g/mol. The van der Waals surface area contributed by atoms with Crippen molar-refractivity contribution in [3.63, 3.8) is 0 Å². The fourth-order valence-corrected chi connectivity index (χ4v) is 2.79. The summed E-state index contributed by atoms with van der Waals surface area (Å²) in [7, 11) is 0. The van der Waals surface area contributed by atoms with Gasteiger partial charge in [-0.1, -0.05) is 6.08 Å². The highest BCUT2D eigenvalue weighted by Crippen LogP contribution is 2.29. The lowest BCUT2D eigenvalue weighted by molar-refractivity contribution is -0.146. The number of likely N-dealkylation sites (tertiary alicyclic amines) is 1. The van der Waals surface area contributed by atoms with Crippen LogP contribution in [-0.2, 0) is 20.9 Å². The maximum atomic E-state index is 12.7. The van der Waals surface area contributed by atoms with E-state index in [0.29, 0.717) is 19.4 Å². The predicted molar refractivity (Wildman–Crippen MR) is 82.6 cm³/mol. The summed E-state index contributed by atoms with van der Waals surface area (Å²) in [6.07, 6.45) is 4.82. The number of carbonyl (C=O) groups excluding carboxylic acids is 3. The Labute approximate surface area is 133 Å². The summed E-state index contributed by atoms with van der Waals surface area (Å²) < 4.78 is 1.90. The number of hydrogen-bond donors (Lipinski definition) is 0. The lowest BCUT2D eigenvalue weighted by atomic mass is 9.93. The van der Waals surface area contributed by atoms with E-state index in [2.05, 4.69) is 11.4 Å². The molecule has 0 aromatic carbocycles. The van der Waals surface area contributed by atoms with Gasteiger partial charge in [0.15, 0.2) is 0 Å². The van der Waals surface area contributed by atoms with Crippen LogP contribution in [0.1, 0.15) is 31.4 Å². The molecule has 1 unspecified atom stereocenters. The first-order valence-electron chi connectivity index (χ1n) is 7.35. The maximum absolute atomic E-state index is 12.7. The van der Waals surface area contributed by atoms with E-state index in [9.17, 15) is 14.4 Å². The number of Topliss-reactive ketones (excluding diaryl/α,β-unsaturated/α-hetero) is 1. The van der Waals surface area contributed by atoms with E-state index >= 15 is 0 Å². The predicted octanol–water partition coefficient (Wildman–Crippen LogP) is 1.17. The zero-order chi connectivity index (χ0) is 17.0. The molecule has 1 aliphatic rings. The number of rotatable bonds is 5. The van der Waals surface area contributed by atoms with Gasteiger partial charge in [0.25, 0.3) is 0 Å². The molecule has 0 aliphatic carbocycles. The first kappa shape index (κ1) is 16.6. The molecule has 1 fully saturated rings. The molecular formula is C16H18N4O3. The Morgan fingerprint density at radius 3 is 2.87 bits per heavy atom. The van der Waals surface area contributed by atoms with Gasteiger partial charge >= 0.3 is 11.6 Å². The molecule has 1 aromatic rings. The second kappa shape index (κ2) is 6.98. The maximum Gasteiger partial charge on any atom is 0.421 e. The van der Waals surface area contributed by atoms with Crippen molar-refractivity contribution in [1.82, 2.24) is 9.47 Å². The topological polar surface area (TPSA) is 95.8 Å². The highest BCUT2D eigenvalue weighted by molar-refractivity contribution is 6.64. The van der Waals surface area contributed by atoms with E-state index in [0.717, 1.165) is 17.5 Å². The molecule has 7 heteroatoms. The third-order valence-corrected chi connectivity index (χ3v) is 3.87. The molecule has 23 heavy (non-hydrogen) atoms. The third kappa shape index (κ3) is 3.19.